The number of benzene rings is 1. The van der Waals surface area contributed by atoms with Gasteiger partial charge >= 0.3 is 18.1 Å². The fraction of sp³-hybridized carbons (Fsp3) is 0.294. The van der Waals surface area contributed by atoms with Gasteiger partial charge in [-0.1, -0.05) is 0 Å². The van der Waals surface area contributed by atoms with Gasteiger partial charge in [-0.05, 0) is 31.2 Å². The second kappa shape index (κ2) is 8.11. The maximum Gasteiger partial charge on any atom is 0.435 e. The van der Waals surface area contributed by atoms with Crippen molar-refractivity contribution in [3.05, 3.63) is 46.8 Å². The molecule has 1 N–H and O–H groups in total. The van der Waals surface area contributed by atoms with E-state index >= 15 is 0 Å². The number of amides is 1. The standard InChI is InChI=1S/C17H16F3N3O5/c1-9-4-13(17(18,19)20)22-23(9)8-14(24)21-12-6-10(15(25)27-2)5-11(7-12)16(26)28-3/h4-7H,8H2,1-3H3,(H,21,24). The number of nitrogens with zero attached hydrogens (tertiary/aromatic N) is 2. The van der Waals surface area contributed by atoms with Crippen LogP contribution in [0.1, 0.15) is 32.1 Å². The molecule has 0 aliphatic carbocycles. The van der Waals surface area contributed by atoms with Crippen LogP contribution in [-0.2, 0) is 27.0 Å². The van der Waals surface area contributed by atoms with Gasteiger partial charge in [-0.2, -0.15) is 18.3 Å². The Morgan fingerprint density at radius 1 is 1.04 bits per heavy atom. The van der Waals surface area contributed by atoms with Gasteiger partial charge in [0.15, 0.2) is 5.69 Å². The fourth-order valence-corrected chi connectivity index (χ4v) is 2.32. The van der Waals surface area contributed by atoms with Gasteiger partial charge in [0.05, 0.1) is 25.3 Å². The Kier molecular flexibility index (Phi) is 6.06. The Bertz CT molecular complexity index is 887. The molecule has 8 nitrogen and oxygen atoms in total. The van der Waals surface area contributed by atoms with Crippen molar-refractivity contribution in [3.63, 3.8) is 0 Å². The lowest BCUT2D eigenvalue weighted by Gasteiger charge is -2.10. The number of hydrogen-bond acceptors (Lipinski definition) is 6. The first-order valence-corrected chi connectivity index (χ1v) is 7.78. The second-order valence-electron chi connectivity index (χ2n) is 5.66. The van der Waals surface area contributed by atoms with Crippen LogP contribution in [0.25, 0.3) is 0 Å². The van der Waals surface area contributed by atoms with Crippen molar-refractivity contribution in [2.24, 2.45) is 0 Å². The zero-order chi connectivity index (χ0) is 21.1. The molecule has 150 valence electrons. The molecule has 0 atom stereocenters. The van der Waals surface area contributed by atoms with Crippen molar-refractivity contribution in [1.29, 1.82) is 0 Å². The largest absolute Gasteiger partial charge is 0.465 e. The molecule has 0 saturated carbocycles. The summed E-state index contributed by atoms with van der Waals surface area (Å²) >= 11 is 0. The summed E-state index contributed by atoms with van der Waals surface area (Å²) in [5.41, 5.74) is -0.945. The summed E-state index contributed by atoms with van der Waals surface area (Å²) in [6, 6.07) is 4.56. The molecule has 0 bridgehead atoms. The third-order valence-corrected chi connectivity index (χ3v) is 3.62. The SMILES string of the molecule is COC(=O)c1cc(NC(=O)Cn2nc(C(F)(F)F)cc2C)cc(C(=O)OC)c1. The topological polar surface area (TPSA) is 99.5 Å². The molecule has 0 spiro atoms. The molecule has 28 heavy (non-hydrogen) atoms. The first-order chi connectivity index (χ1) is 13.0. The number of hydrogen-bond donors (Lipinski definition) is 1. The number of nitrogens with one attached hydrogen (secondary N) is 1. The highest BCUT2D eigenvalue weighted by Crippen LogP contribution is 2.28. The number of aromatic nitrogens is 2. The van der Waals surface area contributed by atoms with E-state index in [0.29, 0.717) is 0 Å². The number of alkyl halides is 3. The first-order valence-electron chi connectivity index (χ1n) is 7.78. The highest BCUT2D eigenvalue weighted by atomic mass is 19.4. The van der Waals surface area contributed by atoms with Gasteiger partial charge in [0.25, 0.3) is 0 Å². The number of halogens is 3. The van der Waals surface area contributed by atoms with Crippen molar-refractivity contribution in [1.82, 2.24) is 9.78 Å². The molecule has 0 radical (unpaired) electrons. The summed E-state index contributed by atoms with van der Waals surface area (Å²) < 4.78 is 48.2. The van der Waals surface area contributed by atoms with Crippen LogP contribution in [-0.4, -0.2) is 41.8 Å². The van der Waals surface area contributed by atoms with E-state index in [0.717, 1.165) is 25.0 Å². The van der Waals surface area contributed by atoms with E-state index in [4.69, 9.17) is 0 Å². The normalized spacial score (nSPS) is 11.1. The molecule has 2 aromatic rings. The van der Waals surface area contributed by atoms with Crippen LogP contribution in [0.4, 0.5) is 18.9 Å². The average Bonchev–Trinajstić information content (AvgIpc) is 3.00. The van der Waals surface area contributed by atoms with Crippen LogP contribution in [0, 0.1) is 6.92 Å². The van der Waals surface area contributed by atoms with E-state index in [2.05, 4.69) is 19.9 Å². The Labute approximate surface area is 157 Å². The Morgan fingerprint density at radius 3 is 2.00 bits per heavy atom. The van der Waals surface area contributed by atoms with Crippen LogP contribution in [0.3, 0.4) is 0 Å². The quantitative estimate of drug-likeness (QED) is 0.776. The Hall–Kier alpha value is -3.37. The van der Waals surface area contributed by atoms with Gasteiger partial charge < -0.3 is 14.8 Å². The van der Waals surface area contributed by atoms with Crippen molar-refractivity contribution >= 4 is 23.5 Å². The summed E-state index contributed by atoms with van der Waals surface area (Å²) in [6.45, 7) is 0.876. The average molecular weight is 399 g/mol. The highest BCUT2D eigenvalue weighted by molar-refractivity contribution is 5.99. The molecule has 1 heterocycles. The molecule has 1 aromatic carbocycles. The smallest absolute Gasteiger partial charge is 0.435 e. The van der Waals surface area contributed by atoms with Gasteiger partial charge in [0.1, 0.15) is 6.54 Å². The molecule has 1 aromatic heterocycles. The molecule has 0 aliphatic heterocycles. The maximum absolute atomic E-state index is 12.7. The van der Waals surface area contributed by atoms with Gasteiger partial charge in [-0.3, -0.25) is 9.48 Å². The van der Waals surface area contributed by atoms with Crippen LogP contribution < -0.4 is 5.32 Å². The predicted molar refractivity (Wildman–Crippen MR) is 89.7 cm³/mol. The van der Waals surface area contributed by atoms with Gasteiger partial charge in [-0.15, -0.1) is 0 Å². The van der Waals surface area contributed by atoms with Gasteiger partial charge in [0, 0.05) is 11.4 Å². The van der Waals surface area contributed by atoms with Crippen molar-refractivity contribution in [2.75, 3.05) is 19.5 Å². The second-order valence-corrected chi connectivity index (χ2v) is 5.66. The molecule has 0 aliphatic rings. The van der Waals surface area contributed by atoms with E-state index in [1.54, 1.807) is 0 Å². The lowest BCUT2D eigenvalue weighted by Crippen LogP contribution is -2.21. The van der Waals surface area contributed by atoms with E-state index in [1.807, 2.05) is 0 Å². The van der Waals surface area contributed by atoms with Gasteiger partial charge in [-0.25, -0.2) is 9.59 Å². The van der Waals surface area contributed by atoms with Crippen molar-refractivity contribution in [3.8, 4) is 0 Å². The molecule has 0 unspecified atom stereocenters. The minimum absolute atomic E-state index is 0.0182. The van der Waals surface area contributed by atoms with E-state index in [1.165, 1.54) is 25.1 Å². The lowest BCUT2D eigenvalue weighted by molar-refractivity contribution is -0.141. The minimum Gasteiger partial charge on any atom is -0.465 e. The Morgan fingerprint density at radius 2 is 1.57 bits per heavy atom. The van der Waals surface area contributed by atoms with Crippen LogP contribution in [0.5, 0.6) is 0 Å². The number of carbonyl (C=O) groups is 3. The fourth-order valence-electron chi connectivity index (χ4n) is 2.32. The van der Waals surface area contributed by atoms with Crippen molar-refractivity contribution < 1.29 is 37.0 Å². The third kappa shape index (κ3) is 4.87. The van der Waals surface area contributed by atoms with Crippen LogP contribution in [0.2, 0.25) is 0 Å². The summed E-state index contributed by atoms with van der Waals surface area (Å²) in [5.74, 6) is -2.21. The number of rotatable bonds is 5. The van der Waals surface area contributed by atoms with E-state index in [9.17, 15) is 27.6 Å². The maximum atomic E-state index is 12.7. The predicted octanol–water partition coefficient (Wildman–Crippen LogP) is 2.42. The number of aryl methyl sites for hydroxylation is 1. The van der Waals surface area contributed by atoms with Gasteiger partial charge in [0.2, 0.25) is 5.91 Å². The van der Waals surface area contributed by atoms with Crippen LogP contribution >= 0.6 is 0 Å². The lowest BCUT2D eigenvalue weighted by atomic mass is 10.1. The summed E-state index contributed by atoms with van der Waals surface area (Å²) in [5, 5.41) is 5.77. The van der Waals surface area contributed by atoms with Crippen LogP contribution in [0.15, 0.2) is 24.3 Å². The number of ether oxygens (including phenoxy) is 2. The molecule has 2 rings (SSSR count). The van der Waals surface area contributed by atoms with E-state index in [-0.39, 0.29) is 22.5 Å². The molecule has 0 saturated heterocycles. The molecular weight excluding hydrogens is 383 g/mol. The Balaban J connectivity index is 2.25. The zero-order valence-electron chi connectivity index (χ0n) is 15.1. The molecule has 1 amide bonds. The molecule has 0 fully saturated rings. The molecule has 11 heteroatoms. The number of carbonyl (C=O) groups excluding carboxylic acids is 3. The van der Waals surface area contributed by atoms with E-state index < -0.39 is 36.3 Å². The first kappa shape index (κ1) is 20.9. The van der Waals surface area contributed by atoms with Crippen molar-refractivity contribution in [2.45, 2.75) is 19.6 Å². The minimum atomic E-state index is -4.63. The monoisotopic (exact) mass is 399 g/mol. The summed E-state index contributed by atoms with van der Waals surface area (Å²) in [7, 11) is 2.29. The number of esters is 2. The summed E-state index contributed by atoms with van der Waals surface area (Å²) in [4.78, 5) is 35.7. The summed E-state index contributed by atoms with van der Waals surface area (Å²) in [6.07, 6.45) is -4.63. The number of methoxy groups -OCH3 is 2. The third-order valence-electron chi connectivity index (χ3n) is 3.62. The zero-order valence-corrected chi connectivity index (χ0v) is 15.1. The number of anilines is 1. The molecular formula is C17H16F3N3O5. The highest BCUT2D eigenvalue weighted by Gasteiger charge is 2.34.